The number of aromatic nitrogens is 4. The van der Waals surface area contributed by atoms with Crippen molar-refractivity contribution in [3.8, 4) is 22.3 Å². The quantitative estimate of drug-likeness (QED) is 0.197. The summed E-state index contributed by atoms with van der Waals surface area (Å²) in [5.41, 5.74) is 12.7. The summed E-state index contributed by atoms with van der Waals surface area (Å²) in [7, 11) is 0. The molecule has 0 saturated carbocycles. The first kappa shape index (κ1) is 26.7. The SMILES string of the molecule is CCC(C)c1c2nc(c(-c3ccccc3)c3ccc(cc4nc(c(-c5ccccc5)c5ccc1[n-]5)C=C4)[n-]3)C=C2.[Ni+2]. The minimum atomic E-state index is 0. The van der Waals surface area contributed by atoms with E-state index in [1.165, 1.54) is 0 Å². The Kier molecular flexibility index (Phi) is 7.30. The van der Waals surface area contributed by atoms with E-state index in [2.05, 4.69) is 111 Å². The molecule has 4 nitrogen and oxygen atoms in total. The number of benzene rings is 2. The third kappa shape index (κ3) is 4.98. The van der Waals surface area contributed by atoms with Gasteiger partial charge in [0.05, 0.1) is 22.8 Å². The summed E-state index contributed by atoms with van der Waals surface area (Å²) in [4.78, 5) is 20.5. The molecule has 8 bridgehead atoms. The van der Waals surface area contributed by atoms with Crippen LogP contribution >= 0.6 is 0 Å². The van der Waals surface area contributed by atoms with Gasteiger partial charge < -0.3 is 9.97 Å². The van der Waals surface area contributed by atoms with Gasteiger partial charge in [-0.1, -0.05) is 105 Å². The third-order valence-electron chi connectivity index (χ3n) is 7.71. The van der Waals surface area contributed by atoms with Crippen LogP contribution < -0.4 is 9.97 Å². The van der Waals surface area contributed by atoms with Crippen molar-refractivity contribution in [1.82, 2.24) is 19.9 Å². The van der Waals surface area contributed by atoms with Gasteiger partial charge in [-0.05, 0) is 64.5 Å². The van der Waals surface area contributed by atoms with Crippen LogP contribution in [0.1, 0.15) is 54.5 Å². The number of hydrogen-bond acceptors (Lipinski definition) is 2. The van der Waals surface area contributed by atoms with Gasteiger partial charge in [0.2, 0.25) is 0 Å². The molecule has 1 unspecified atom stereocenters. The van der Waals surface area contributed by atoms with Gasteiger partial charge >= 0.3 is 16.5 Å². The van der Waals surface area contributed by atoms with Crippen LogP contribution in [0, 0.1) is 0 Å². The summed E-state index contributed by atoms with van der Waals surface area (Å²) >= 11 is 0. The molecule has 2 aliphatic heterocycles. The fraction of sp³-hybridized carbons (Fsp3) is 0.111. The van der Waals surface area contributed by atoms with E-state index in [4.69, 9.17) is 19.9 Å². The summed E-state index contributed by atoms with van der Waals surface area (Å²) in [5, 5.41) is 0. The number of nitrogens with zero attached hydrogens (tertiary/aromatic N) is 4. The van der Waals surface area contributed by atoms with Crippen molar-refractivity contribution < 1.29 is 16.5 Å². The third-order valence-corrected chi connectivity index (χ3v) is 7.71. The van der Waals surface area contributed by atoms with E-state index in [9.17, 15) is 0 Å². The summed E-state index contributed by atoms with van der Waals surface area (Å²) < 4.78 is 0. The Morgan fingerprint density at radius 2 is 1.17 bits per heavy atom. The van der Waals surface area contributed by atoms with Gasteiger partial charge in [0.15, 0.2) is 0 Å². The van der Waals surface area contributed by atoms with Gasteiger partial charge in [0.1, 0.15) is 0 Å². The van der Waals surface area contributed by atoms with E-state index in [1.54, 1.807) is 0 Å². The minimum absolute atomic E-state index is 0. The van der Waals surface area contributed by atoms with E-state index >= 15 is 0 Å². The van der Waals surface area contributed by atoms with Crippen LogP contribution in [0.15, 0.2) is 91.0 Å². The van der Waals surface area contributed by atoms with Crippen LogP contribution in [0.2, 0.25) is 0 Å². The van der Waals surface area contributed by atoms with E-state index < -0.39 is 0 Å². The van der Waals surface area contributed by atoms with E-state index in [0.29, 0.717) is 0 Å². The molecule has 0 fully saturated rings. The Morgan fingerprint density at radius 1 is 0.610 bits per heavy atom. The second-order valence-electron chi connectivity index (χ2n) is 10.3. The van der Waals surface area contributed by atoms with Gasteiger partial charge in [-0.3, -0.25) is 0 Å². The standard InChI is InChI=1S/C36H28N4.Ni/c1-3-23(2)34-28-18-20-32(39-28)35(24-10-6-4-7-11-24)30-16-14-26(37-30)22-27-15-17-31(38-27)36(25-12-8-5-9-13-25)33-21-19-29(34)40-33;/h4-23H,3H2,1-2H3;/q-2;+2. The molecule has 2 aliphatic rings. The van der Waals surface area contributed by atoms with Gasteiger partial charge in [0.25, 0.3) is 0 Å². The monoisotopic (exact) mass is 574 g/mol. The summed E-state index contributed by atoms with van der Waals surface area (Å²) in [6, 6.07) is 31.2. The molecule has 5 aromatic rings. The van der Waals surface area contributed by atoms with Crippen LogP contribution in [-0.4, -0.2) is 9.97 Å². The van der Waals surface area contributed by atoms with E-state index in [1.807, 2.05) is 18.2 Å². The molecule has 5 heterocycles. The Balaban J connectivity index is 0.00000302. The number of fused-ring (bicyclic) bond motifs is 8. The molecule has 3 aromatic heterocycles. The first-order valence-electron chi connectivity index (χ1n) is 13.8. The van der Waals surface area contributed by atoms with E-state index in [0.717, 1.165) is 79.1 Å². The maximum atomic E-state index is 5.22. The summed E-state index contributed by atoms with van der Waals surface area (Å²) in [6.07, 6.45) is 9.37. The molecule has 0 aliphatic carbocycles. The second-order valence-corrected chi connectivity index (χ2v) is 10.3. The largest absolute Gasteiger partial charge is 2.00 e. The van der Waals surface area contributed by atoms with Crippen LogP contribution in [0.4, 0.5) is 0 Å². The molecule has 0 saturated heterocycles. The Hall–Kier alpha value is -4.47. The molecular weight excluding hydrogens is 547 g/mol. The zero-order valence-electron chi connectivity index (χ0n) is 22.9. The fourth-order valence-electron chi connectivity index (χ4n) is 5.55. The van der Waals surface area contributed by atoms with Gasteiger partial charge in [-0.25, -0.2) is 9.97 Å². The summed E-state index contributed by atoms with van der Waals surface area (Å²) in [6.45, 7) is 4.47. The first-order chi connectivity index (χ1) is 19.7. The van der Waals surface area contributed by atoms with Crippen LogP contribution in [0.3, 0.4) is 0 Å². The maximum Gasteiger partial charge on any atom is 2.00 e. The maximum absolute atomic E-state index is 5.22. The van der Waals surface area contributed by atoms with Crippen LogP contribution in [-0.2, 0) is 16.5 Å². The van der Waals surface area contributed by atoms with Crippen molar-refractivity contribution in [3.63, 3.8) is 0 Å². The zero-order chi connectivity index (χ0) is 27.1. The average molecular weight is 575 g/mol. The smallest absolute Gasteiger partial charge is 0.657 e. The predicted molar refractivity (Wildman–Crippen MR) is 166 cm³/mol. The molecule has 41 heavy (non-hydrogen) atoms. The van der Waals surface area contributed by atoms with Crippen LogP contribution in [0.5, 0.6) is 0 Å². The topological polar surface area (TPSA) is 54.0 Å². The van der Waals surface area contributed by atoms with Crippen molar-refractivity contribution in [2.24, 2.45) is 0 Å². The van der Waals surface area contributed by atoms with Crippen molar-refractivity contribution in [2.45, 2.75) is 26.2 Å². The average Bonchev–Trinajstić information content (AvgIpc) is 3.81. The molecule has 5 heteroatoms. The molecule has 0 amide bonds. The zero-order valence-corrected chi connectivity index (χ0v) is 23.8. The molecule has 0 N–H and O–H groups in total. The van der Waals surface area contributed by atoms with Gasteiger partial charge in [-0.2, -0.15) is 0 Å². The molecule has 1 atom stereocenters. The van der Waals surface area contributed by atoms with Crippen molar-refractivity contribution in [3.05, 3.63) is 119 Å². The fourth-order valence-corrected chi connectivity index (χ4v) is 5.55. The van der Waals surface area contributed by atoms with Gasteiger partial charge in [0, 0.05) is 0 Å². The summed E-state index contributed by atoms with van der Waals surface area (Å²) in [5.74, 6) is 0.284. The first-order valence-corrected chi connectivity index (χ1v) is 13.8. The Morgan fingerprint density at radius 3 is 1.85 bits per heavy atom. The molecule has 0 radical (unpaired) electrons. The van der Waals surface area contributed by atoms with Crippen molar-refractivity contribution in [1.29, 1.82) is 0 Å². The molecule has 202 valence electrons. The molecule has 0 spiro atoms. The minimum Gasteiger partial charge on any atom is -0.657 e. The van der Waals surface area contributed by atoms with Crippen molar-refractivity contribution in [2.75, 3.05) is 0 Å². The second kappa shape index (κ2) is 11.2. The molecule has 2 aromatic carbocycles. The number of hydrogen-bond donors (Lipinski definition) is 0. The van der Waals surface area contributed by atoms with E-state index in [-0.39, 0.29) is 22.4 Å². The van der Waals surface area contributed by atoms with Crippen LogP contribution in [0.25, 0.3) is 68.6 Å². The van der Waals surface area contributed by atoms with Gasteiger partial charge in [-0.15, -0.1) is 22.1 Å². The van der Waals surface area contributed by atoms with Crippen molar-refractivity contribution >= 4 is 46.4 Å². The molecular formula is C36H28N4Ni. The Labute approximate surface area is 249 Å². The molecule has 7 rings (SSSR count). The normalized spacial score (nSPS) is 12.7. The Bertz CT molecular complexity index is 1910. The number of rotatable bonds is 4. The predicted octanol–water partition coefficient (Wildman–Crippen LogP) is 8.76.